The maximum Gasteiger partial charge on any atom is 0.321 e. The summed E-state index contributed by atoms with van der Waals surface area (Å²) >= 11 is 0. The number of alkyl halides is 2. The van der Waals surface area contributed by atoms with Crippen LogP contribution in [0.15, 0.2) is 41.6 Å². The molecule has 4 aliphatic rings. The number of anilines is 1. The molecule has 3 aromatic heterocycles. The smallest absolute Gasteiger partial charge is 0.321 e. The monoisotopic (exact) mass is 470 g/mol. The van der Waals surface area contributed by atoms with E-state index in [9.17, 15) is 18.4 Å². The van der Waals surface area contributed by atoms with Crippen LogP contribution in [0.25, 0.3) is 5.65 Å². The van der Waals surface area contributed by atoms with Crippen LogP contribution in [0.2, 0.25) is 0 Å². The van der Waals surface area contributed by atoms with Gasteiger partial charge < -0.3 is 19.2 Å². The Morgan fingerprint density at radius 3 is 2.76 bits per heavy atom. The number of carbonyl (C=O) groups excluding carboxylic acids is 1. The van der Waals surface area contributed by atoms with Crippen molar-refractivity contribution in [2.45, 2.75) is 62.7 Å². The molecule has 2 saturated carbocycles. The first-order valence-corrected chi connectivity index (χ1v) is 11.4. The molecule has 34 heavy (non-hydrogen) atoms. The number of halogens is 2. The molecular weight excluding hydrogens is 446 g/mol. The van der Waals surface area contributed by atoms with E-state index < -0.39 is 18.0 Å². The van der Waals surface area contributed by atoms with Crippen LogP contribution in [0.1, 0.15) is 61.6 Å². The number of fused-ring (bicyclic) bond motifs is 2. The Bertz CT molecular complexity index is 1350. The van der Waals surface area contributed by atoms with Crippen molar-refractivity contribution >= 4 is 17.2 Å². The number of amides is 1. The highest BCUT2D eigenvalue weighted by molar-refractivity contribution is 6.06. The molecule has 0 spiro atoms. The minimum atomic E-state index is -3.00. The Kier molecular flexibility index (Phi) is 4.61. The summed E-state index contributed by atoms with van der Waals surface area (Å²) in [5.74, 6) is -0.259. The van der Waals surface area contributed by atoms with E-state index in [0.717, 1.165) is 44.0 Å². The fourth-order valence-electron chi connectivity index (χ4n) is 5.31. The summed E-state index contributed by atoms with van der Waals surface area (Å²) in [6.45, 7) is -0.279. The van der Waals surface area contributed by atoms with Crippen LogP contribution in [0.5, 0.6) is 5.75 Å². The average molecular weight is 470 g/mol. The maximum atomic E-state index is 13.2. The highest BCUT2D eigenvalue weighted by Gasteiger charge is 2.61. The van der Waals surface area contributed by atoms with E-state index in [2.05, 4.69) is 12.2 Å². The molecule has 2 aliphatic heterocycles. The number of pyridine rings is 2. The van der Waals surface area contributed by atoms with Crippen molar-refractivity contribution in [3.8, 4) is 5.75 Å². The Labute approximate surface area is 193 Å². The molecule has 2 aliphatic carbocycles. The number of nitrogens with zero attached hydrogens (tertiary/aromatic N) is 3. The maximum absolute atomic E-state index is 13.2. The fraction of sp³-hybridized carbons (Fsp3) is 0.458. The molecule has 1 amide bonds. The first kappa shape index (κ1) is 21.3. The molecule has 3 aromatic rings. The van der Waals surface area contributed by atoms with Gasteiger partial charge in [-0.25, -0.2) is 4.98 Å². The van der Waals surface area contributed by atoms with E-state index in [1.807, 2.05) is 6.20 Å². The quantitative estimate of drug-likeness (QED) is 0.591. The molecule has 2 saturated heterocycles. The average Bonchev–Trinajstić information content (AvgIpc) is 3.41. The van der Waals surface area contributed by atoms with Gasteiger partial charge >= 0.3 is 6.55 Å². The molecule has 0 atom stereocenters. The van der Waals surface area contributed by atoms with E-state index >= 15 is 0 Å². The fourth-order valence-corrected chi connectivity index (χ4v) is 5.31. The van der Waals surface area contributed by atoms with Crippen molar-refractivity contribution < 1.29 is 23.0 Å². The van der Waals surface area contributed by atoms with Gasteiger partial charge in [-0.3, -0.25) is 14.2 Å². The molecule has 0 unspecified atom stereocenters. The third kappa shape index (κ3) is 3.31. The standard InChI is InChI=1S/C24H24F2N4O4/c1-23-11-24(12-23,13-33-23)18-10-29-9-15(17(8-19(29)28-18)34-14-4-2-5-14)20(31)27-16-6-3-7-30(21(16)32)22(25)26/h3,6-10,14,22H,2,4-5,11-13H2,1H3,(H,27,31). The summed E-state index contributed by atoms with van der Waals surface area (Å²) in [7, 11) is 0. The van der Waals surface area contributed by atoms with Crippen molar-refractivity contribution in [1.82, 2.24) is 14.0 Å². The van der Waals surface area contributed by atoms with Crippen LogP contribution in [0.3, 0.4) is 0 Å². The molecular formula is C24H24F2N4O4. The first-order chi connectivity index (χ1) is 16.3. The third-order valence-electron chi connectivity index (χ3n) is 7.24. The van der Waals surface area contributed by atoms with E-state index in [4.69, 9.17) is 14.5 Å². The van der Waals surface area contributed by atoms with Crippen molar-refractivity contribution in [2.75, 3.05) is 11.9 Å². The highest BCUT2D eigenvalue weighted by Crippen LogP contribution is 2.58. The zero-order chi connectivity index (χ0) is 23.7. The van der Waals surface area contributed by atoms with Gasteiger partial charge in [-0.05, 0) is 51.2 Å². The lowest BCUT2D eigenvalue weighted by molar-refractivity contribution is 0.0154. The van der Waals surface area contributed by atoms with Crippen molar-refractivity contribution in [3.05, 3.63) is 58.4 Å². The van der Waals surface area contributed by atoms with Gasteiger partial charge in [0.25, 0.3) is 11.5 Å². The van der Waals surface area contributed by atoms with Gasteiger partial charge in [0, 0.05) is 30.1 Å². The molecule has 5 heterocycles. The van der Waals surface area contributed by atoms with Crippen LogP contribution < -0.4 is 15.6 Å². The zero-order valence-corrected chi connectivity index (χ0v) is 18.6. The molecule has 1 N–H and O–H groups in total. The van der Waals surface area contributed by atoms with Crippen LogP contribution in [-0.4, -0.2) is 38.2 Å². The predicted octanol–water partition coefficient (Wildman–Crippen LogP) is 3.90. The number of rotatable bonds is 6. The lowest BCUT2D eigenvalue weighted by Crippen LogP contribution is -2.45. The summed E-state index contributed by atoms with van der Waals surface area (Å²) in [5, 5.41) is 2.48. The number of carbonyl (C=O) groups is 1. The molecule has 8 nitrogen and oxygen atoms in total. The SMILES string of the molecule is CC12CC(c3cn4cc(C(=O)Nc5cccn(C(F)F)c5=O)c(OC5CCC5)cc4n3)(CO1)C2. The molecule has 4 fully saturated rings. The second kappa shape index (κ2) is 7.36. The Morgan fingerprint density at radius 1 is 1.32 bits per heavy atom. The van der Waals surface area contributed by atoms with Gasteiger partial charge in [0.1, 0.15) is 17.1 Å². The molecule has 178 valence electrons. The molecule has 0 aromatic carbocycles. The second-order valence-corrected chi connectivity index (χ2v) is 9.85. The number of hydrogen-bond acceptors (Lipinski definition) is 5. The van der Waals surface area contributed by atoms with E-state index in [-0.39, 0.29) is 32.9 Å². The highest BCUT2D eigenvalue weighted by atomic mass is 19.3. The summed E-state index contributed by atoms with van der Waals surface area (Å²) < 4.78 is 40.2. The Morgan fingerprint density at radius 2 is 2.12 bits per heavy atom. The Balaban J connectivity index is 1.36. The lowest BCUT2D eigenvalue weighted by atomic mass is 9.62. The van der Waals surface area contributed by atoms with Gasteiger partial charge in [-0.15, -0.1) is 0 Å². The third-order valence-corrected chi connectivity index (χ3v) is 7.24. The summed E-state index contributed by atoms with van der Waals surface area (Å²) in [6.07, 6.45) is 9.16. The molecule has 7 rings (SSSR count). The van der Waals surface area contributed by atoms with Crippen molar-refractivity contribution in [3.63, 3.8) is 0 Å². The van der Waals surface area contributed by atoms with Gasteiger partial charge in [-0.2, -0.15) is 8.78 Å². The summed E-state index contributed by atoms with van der Waals surface area (Å²) in [5.41, 5.74) is 0.362. The number of nitrogens with one attached hydrogen (secondary N) is 1. The van der Waals surface area contributed by atoms with Gasteiger partial charge in [0.05, 0.1) is 29.6 Å². The number of ether oxygens (including phenoxy) is 2. The van der Waals surface area contributed by atoms with Crippen LogP contribution in [-0.2, 0) is 10.2 Å². The van der Waals surface area contributed by atoms with E-state index in [1.54, 1.807) is 16.7 Å². The van der Waals surface area contributed by atoms with Crippen LogP contribution >= 0.6 is 0 Å². The largest absolute Gasteiger partial charge is 0.489 e. The lowest BCUT2D eigenvalue weighted by Gasteiger charge is -2.41. The summed E-state index contributed by atoms with van der Waals surface area (Å²) in [4.78, 5) is 30.3. The number of imidazole rings is 1. The van der Waals surface area contributed by atoms with E-state index in [0.29, 0.717) is 18.0 Å². The predicted molar refractivity (Wildman–Crippen MR) is 119 cm³/mol. The zero-order valence-electron chi connectivity index (χ0n) is 18.6. The van der Waals surface area contributed by atoms with Crippen LogP contribution in [0, 0.1) is 0 Å². The van der Waals surface area contributed by atoms with Gasteiger partial charge in [-0.1, -0.05) is 0 Å². The minimum Gasteiger partial charge on any atom is -0.489 e. The van der Waals surface area contributed by atoms with Gasteiger partial charge in [0.15, 0.2) is 0 Å². The second-order valence-electron chi connectivity index (χ2n) is 9.85. The topological polar surface area (TPSA) is 86.9 Å². The van der Waals surface area contributed by atoms with E-state index in [1.165, 1.54) is 12.1 Å². The minimum absolute atomic E-state index is 0.00499. The number of aromatic nitrogens is 3. The Hall–Kier alpha value is -3.27. The van der Waals surface area contributed by atoms with Crippen molar-refractivity contribution in [2.24, 2.45) is 0 Å². The van der Waals surface area contributed by atoms with Gasteiger partial charge in [0.2, 0.25) is 0 Å². The molecule has 2 bridgehead atoms. The normalized spacial score (nSPS) is 25.9. The summed E-state index contributed by atoms with van der Waals surface area (Å²) in [6, 6.07) is 4.31. The molecule has 10 heteroatoms. The van der Waals surface area contributed by atoms with Crippen molar-refractivity contribution in [1.29, 1.82) is 0 Å². The molecule has 0 radical (unpaired) electrons. The van der Waals surface area contributed by atoms with Crippen LogP contribution in [0.4, 0.5) is 14.5 Å². The number of hydrogen-bond donors (Lipinski definition) is 1. The first-order valence-electron chi connectivity index (χ1n) is 11.4.